The number of aliphatic carboxylic acids is 1. The van der Waals surface area contributed by atoms with Gasteiger partial charge in [0.2, 0.25) is 0 Å². The SMILES string of the molecule is O=C(O)/C=C/c1cnc(-c2ccco2)s1. The molecular weight excluding hydrogens is 214 g/mol. The number of carboxylic acids is 1. The number of aromatic nitrogens is 1. The molecule has 0 aromatic carbocycles. The summed E-state index contributed by atoms with van der Waals surface area (Å²) in [5.41, 5.74) is 0. The van der Waals surface area contributed by atoms with Gasteiger partial charge in [-0.05, 0) is 18.2 Å². The Kier molecular flexibility index (Phi) is 2.64. The average Bonchev–Trinajstić information content (AvgIpc) is 2.85. The largest absolute Gasteiger partial charge is 0.478 e. The molecule has 5 heteroatoms. The van der Waals surface area contributed by atoms with Gasteiger partial charge < -0.3 is 9.52 Å². The molecule has 0 aliphatic heterocycles. The van der Waals surface area contributed by atoms with E-state index in [1.54, 1.807) is 18.5 Å². The molecule has 0 bridgehead atoms. The molecule has 2 rings (SSSR count). The number of hydrogen-bond donors (Lipinski definition) is 1. The van der Waals surface area contributed by atoms with Crippen LogP contribution in [0.3, 0.4) is 0 Å². The number of hydrogen-bond acceptors (Lipinski definition) is 4. The molecule has 0 radical (unpaired) electrons. The van der Waals surface area contributed by atoms with E-state index in [1.807, 2.05) is 6.07 Å². The Morgan fingerprint density at radius 3 is 3.13 bits per heavy atom. The van der Waals surface area contributed by atoms with E-state index in [1.165, 1.54) is 17.4 Å². The molecule has 0 amide bonds. The zero-order valence-electron chi connectivity index (χ0n) is 7.58. The summed E-state index contributed by atoms with van der Waals surface area (Å²) < 4.78 is 5.17. The summed E-state index contributed by atoms with van der Waals surface area (Å²) in [5, 5.41) is 9.19. The summed E-state index contributed by atoms with van der Waals surface area (Å²) in [6, 6.07) is 3.59. The summed E-state index contributed by atoms with van der Waals surface area (Å²) in [6.45, 7) is 0. The molecule has 0 aliphatic rings. The Balaban J connectivity index is 2.21. The molecule has 0 spiro atoms. The lowest BCUT2D eigenvalue weighted by atomic mass is 10.4. The van der Waals surface area contributed by atoms with Crippen LogP contribution in [-0.4, -0.2) is 16.1 Å². The van der Waals surface area contributed by atoms with Crippen molar-refractivity contribution in [3.63, 3.8) is 0 Å². The van der Waals surface area contributed by atoms with Crippen LogP contribution in [0.25, 0.3) is 16.8 Å². The van der Waals surface area contributed by atoms with E-state index in [2.05, 4.69) is 4.98 Å². The number of nitrogens with zero attached hydrogens (tertiary/aromatic N) is 1. The highest BCUT2D eigenvalue weighted by Crippen LogP contribution is 2.25. The number of carboxylic acid groups (broad SMARTS) is 1. The van der Waals surface area contributed by atoms with Crippen molar-refractivity contribution in [2.45, 2.75) is 0 Å². The molecule has 0 fully saturated rings. The van der Waals surface area contributed by atoms with Crippen LogP contribution in [0.5, 0.6) is 0 Å². The maximum absolute atomic E-state index is 10.3. The first-order valence-electron chi connectivity index (χ1n) is 4.16. The number of furan rings is 1. The van der Waals surface area contributed by atoms with E-state index in [0.717, 1.165) is 16.0 Å². The highest BCUT2D eigenvalue weighted by molar-refractivity contribution is 7.15. The Bertz CT molecular complexity index is 485. The lowest BCUT2D eigenvalue weighted by Crippen LogP contribution is -1.84. The maximum Gasteiger partial charge on any atom is 0.328 e. The number of rotatable bonds is 3. The minimum Gasteiger partial charge on any atom is -0.478 e. The molecule has 2 heterocycles. The van der Waals surface area contributed by atoms with E-state index in [4.69, 9.17) is 9.52 Å². The van der Waals surface area contributed by atoms with Crippen LogP contribution < -0.4 is 0 Å². The Morgan fingerprint density at radius 1 is 1.60 bits per heavy atom. The lowest BCUT2D eigenvalue weighted by Gasteiger charge is -1.84. The van der Waals surface area contributed by atoms with Gasteiger partial charge in [-0.15, -0.1) is 11.3 Å². The first kappa shape index (κ1) is 9.67. The van der Waals surface area contributed by atoms with Crippen LogP contribution in [-0.2, 0) is 4.79 Å². The van der Waals surface area contributed by atoms with E-state index < -0.39 is 5.97 Å². The topological polar surface area (TPSA) is 63.3 Å². The molecule has 0 aliphatic carbocycles. The summed E-state index contributed by atoms with van der Waals surface area (Å²) in [5.74, 6) is -0.280. The van der Waals surface area contributed by atoms with Crippen molar-refractivity contribution in [2.24, 2.45) is 0 Å². The maximum atomic E-state index is 10.3. The monoisotopic (exact) mass is 221 g/mol. The minimum atomic E-state index is -0.969. The van der Waals surface area contributed by atoms with Gasteiger partial charge in [0.15, 0.2) is 10.8 Å². The molecule has 15 heavy (non-hydrogen) atoms. The van der Waals surface area contributed by atoms with Crippen molar-refractivity contribution < 1.29 is 14.3 Å². The lowest BCUT2D eigenvalue weighted by molar-refractivity contribution is -0.131. The molecule has 0 saturated carbocycles. The minimum absolute atomic E-state index is 0.690. The van der Waals surface area contributed by atoms with E-state index in [0.29, 0.717) is 5.76 Å². The third kappa shape index (κ3) is 2.32. The Labute approximate surface area is 89.5 Å². The van der Waals surface area contributed by atoms with Crippen LogP contribution in [0.2, 0.25) is 0 Å². The highest BCUT2D eigenvalue weighted by atomic mass is 32.1. The Hall–Kier alpha value is -1.88. The molecule has 0 atom stereocenters. The summed E-state index contributed by atoms with van der Waals surface area (Å²) in [4.78, 5) is 15.2. The smallest absolute Gasteiger partial charge is 0.328 e. The fourth-order valence-electron chi connectivity index (χ4n) is 1.03. The summed E-state index contributed by atoms with van der Waals surface area (Å²) >= 11 is 1.38. The van der Waals surface area contributed by atoms with Gasteiger partial charge in [-0.3, -0.25) is 0 Å². The van der Waals surface area contributed by atoms with Crippen molar-refractivity contribution >= 4 is 23.4 Å². The standard InChI is InChI=1S/C10H7NO3S/c12-9(13)4-3-7-6-11-10(15-7)8-2-1-5-14-8/h1-6H,(H,12,13)/b4-3+. The summed E-state index contributed by atoms with van der Waals surface area (Å²) in [6.07, 6.45) is 5.78. The molecule has 76 valence electrons. The van der Waals surface area contributed by atoms with Crippen LogP contribution >= 0.6 is 11.3 Å². The average molecular weight is 221 g/mol. The van der Waals surface area contributed by atoms with Gasteiger partial charge in [-0.25, -0.2) is 9.78 Å². The zero-order chi connectivity index (χ0) is 10.7. The van der Waals surface area contributed by atoms with Gasteiger partial charge in [-0.1, -0.05) is 0 Å². The first-order valence-corrected chi connectivity index (χ1v) is 4.98. The molecule has 0 saturated heterocycles. The van der Waals surface area contributed by atoms with Gasteiger partial charge in [0.25, 0.3) is 0 Å². The van der Waals surface area contributed by atoms with Crippen LogP contribution in [0.1, 0.15) is 4.88 Å². The number of carbonyl (C=O) groups is 1. The predicted molar refractivity (Wildman–Crippen MR) is 56.5 cm³/mol. The van der Waals surface area contributed by atoms with Gasteiger partial charge in [0.05, 0.1) is 6.26 Å². The fourth-order valence-corrected chi connectivity index (χ4v) is 1.82. The zero-order valence-corrected chi connectivity index (χ0v) is 8.40. The third-order valence-corrected chi connectivity index (χ3v) is 2.62. The molecule has 2 aromatic heterocycles. The normalized spacial score (nSPS) is 10.9. The van der Waals surface area contributed by atoms with Crippen molar-refractivity contribution in [3.05, 3.63) is 35.5 Å². The van der Waals surface area contributed by atoms with Gasteiger partial charge in [0.1, 0.15) is 0 Å². The van der Waals surface area contributed by atoms with Crippen LogP contribution in [0.4, 0.5) is 0 Å². The quantitative estimate of drug-likeness (QED) is 0.809. The summed E-state index contributed by atoms with van der Waals surface area (Å²) in [7, 11) is 0. The van der Waals surface area contributed by atoms with E-state index >= 15 is 0 Å². The van der Waals surface area contributed by atoms with Gasteiger partial charge >= 0.3 is 5.97 Å². The molecule has 4 nitrogen and oxygen atoms in total. The van der Waals surface area contributed by atoms with Crippen LogP contribution in [0, 0.1) is 0 Å². The van der Waals surface area contributed by atoms with Crippen molar-refractivity contribution in [1.29, 1.82) is 0 Å². The van der Waals surface area contributed by atoms with Gasteiger partial charge in [0, 0.05) is 17.2 Å². The molecular formula is C10H7NO3S. The van der Waals surface area contributed by atoms with Gasteiger partial charge in [-0.2, -0.15) is 0 Å². The molecule has 2 aromatic rings. The van der Waals surface area contributed by atoms with Crippen molar-refractivity contribution in [1.82, 2.24) is 4.98 Å². The highest BCUT2D eigenvalue weighted by Gasteiger charge is 2.05. The van der Waals surface area contributed by atoms with E-state index in [9.17, 15) is 4.79 Å². The molecule has 0 unspecified atom stereocenters. The Morgan fingerprint density at radius 2 is 2.47 bits per heavy atom. The molecule has 1 N–H and O–H groups in total. The second-order valence-corrected chi connectivity index (χ2v) is 3.78. The van der Waals surface area contributed by atoms with E-state index in [-0.39, 0.29) is 0 Å². The van der Waals surface area contributed by atoms with Crippen molar-refractivity contribution in [2.75, 3.05) is 0 Å². The van der Waals surface area contributed by atoms with Crippen molar-refractivity contribution in [3.8, 4) is 10.8 Å². The first-order chi connectivity index (χ1) is 7.25. The number of thiazole rings is 1. The van der Waals surface area contributed by atoms with Crippen LogP contribution in [0.15, 0.2) is 35.1 Å². The predicted octanol–water partition coefficient (Wildman–Crippen LogP) is 2.50. The third-order valence-electron chi connectivity index (χ3n) is 1.65. The second kappa shape index (κ2) is 4.10. The second-order valence-electron chi connectivity index (χ2n) is 2.72. The fraction of sp³-hybridized carbons (Fsp3) is 0.